The zero-order chi connectivity index (χ0) is 5.70. The first kappa shape index (κ1) is 7.66. The number of hydrogen-bond donors (Lipinski definition) is 0. The van der Waals surface area contributed by atoms with Gasteiger partial charge in [0.05, 0.1) is 17.2 Å². The standard InChI is InChI=1S/C4H10OS2/c1-4(2)5-7-6-3/h4H,1-3H3. The van der Waals surface area contributed by atoms with Crippen LogP contribution in [-0.2, 0) is 4.18 Å². The summed E-state index contributed by atoms with van der Waals surface area (Å²) in [5.41, 5.74) is 0. The molecule has 0 saturated heterocycles. The van der Waals surface area contributed by atoms with Gasteiger partial charge < -0.3 is 4.18 Å². The van der Waals surface area contributed by atoms with Gasteiger partial charge in [-0.05, 0) is 20.1 Å². The molecule has 0 bridgehead atoms. The summed E-state index contributed by atoms with van der Waals surface area (Å²) >= 11 is 1.43. The van der Waals surface area contributed by atoms with Gasteiger partial charge in [-0.1, -0.05) is 10.8 Å². The molecule has 0 aliphatic heterocycles. The zero-order valence-electron chi connectivity index (χ0n) is 4.80. The summed E-state index contributed by atoms with van der Waals surface area (Å²) in [6, 6.07) is 0. The Morgan fingerprint density at radius 2 is 2.00 bits per heavy atom. The van der Waals surface area contributed by atoms with Gasteiger partial charge in [0.2, 0.25) is 0 Å². The Hall–Kier alpha value is 0.660. The monoisotopic (exact) mass is 138 g/mol. The minimum Gasteiger partial charge on any atom is -0.302 e. The lowest BCUT2D eigenvalue weighted by molar-refractivity contribution is 0.294. The van der Waals surface area contributed by atoms with Crippen LogP contribution >= 0.6 is 21.9 Å². The lowest BCUT2D eigenvalue weighted by Gasteiger charge is -2.00. The zero-order valence-corrected chi connectivity index (χ0v) is 6.44. The lowest BCUT2D eigenvalue weighted by Crippen LogP contribution is -1.91. The van der Waals surface area contributed by atoms with Crippen LogP contribution in [0.3, 0.4) is 0 Å². The van der Waals surface area contributed by atoms with Gasteiger partial charge in [0.1, 0.15) is 0 Å². The molecule has 0 rings (SSSR count). The van der Waals surface area contributed by atoms with Crippen molar-refractivity contribution >= 4 is 21.9 Å². The van der Waals surface area contributed by atoms with E-state index < -0.39 is 0 Å². The number of hydrogen-bond acceptors (Lipinski definition) is 3. The summed E-state index contributed by atoms with van der Waals surface area (Å²) in [5.74, 6) is 0. The van der Waals surface area contributed by atoms with Gasteiger partial charge in [-0.2, -0.15) is 0 Å². The fourth-order valence-electron chi connectivity index (χ4n) is 0.118. The van der Waals surface area contributed by atoms with Crippen LogP contribution in [0.4, 0.5) is 0 Å². The largest absolute Gasteiger partial charge is 0.302 e. The molecular formula is C4H10OS2. The van der Waals surface area contributed by atoms with Crippen LogP contribution in [0.5, 0.6) is 0 Å². The molecule has 3 heteroatoms. The molecule has 44 valence electrons. The van der Waals surface area contributed by atoms with E-state index in [9.17, 15) is 0 Å². The highest BCUT2D eigenvalue weighted by Crippen LogP contribution is 2.19. The first-order valence-corrected chi connectivity index (χ1v) is 4.62. The maximum atomic E-state index is 5.07. The molecule has 7 heavy (non-hydrogen) atoms. The molecule has 0 heterocycles. The Balaban J connectivity index is 2.68. The van der Waals surface area contributed by atoms with E-state index in [0.29, 0.717) is 6.10 Å². The van der Waals surface area contributed by atoms with E-state index in [1.165, 1.54) is 11.1 Å². The Bertz CT molecular complexity index is 38.7. The van der Waals surface area contributed by atoms with Crippen molar-refractivity contribution in [1.29, 1.82) is 0 Å². The predicted molar refractivity (Wildman–Crippen MR) is 37.3 cm³/mol. The summed E-state index contributed by atoms with van der Waals surface area (Å²) in [7, 11) is 1.62. The van der Waals surface area contributed by atoms with Crippen LogP contribution in [0.2, 0.25) is 0 Å². The summed E-state index contributed by atoms with van der Waals surface area (Å²) in [6.07, 6.45) is 2.34. The molecule has 0 N–H and O–H groups in total. The first-order valence-electron chi connectivity index (χ1n) is 2.13. The Kier molecular flexibility index (Phi) is 5.26. The summed E-state index contributed by atoms with van der Waals surface area (Å²) < 4.78 is 5.07. The highest BCUT2D eigenvalue weighted by atomic mass is 33.1. The van der Waals surface area contributed by atoms with Gasteiger partial charge in [0.15, 0.2) is 0 Å². The first-order chi connectivity index (χ1) is 3.27. The van der Waals surface area contributed by atoms with E-state index in [4.69, 9.17) is 4.18 Å². The van der Waals surface area contributed by atoms with Crippen molar-refractivity contribution in [2.24, 2.45) is 0 Å². The van der Waals surface area contributed by atoms with Crippen LogP contribution in [0, 0.1) is 0 Å². The molecule has 0 aromatic carbocycles. The van der Waals surface area contributed by atoms with Crippen LogP contribution < -0.4 is 0 Å². The Morgan fingerprint density at radius 1 is 1.43 bits per heavy atom. The van der Waals surface area contributed by atoms with Crippen LogP contribution in [0.15, 0.2) is 0 Å². The lowest BCUT2D eigenvalue weighted by atomic mass is 10.5. The van der Waals surface area contributed by atoms with Gasteiger partial charge in [-0.3, -0.25) is 0 Å². The maximum Gasteiger partial charge on any atom is 0.0676 e. The fourth-order valence-corrected chi connectivity index (χ4v) is 1.06. The molecule has 0 aliphatic carbocycles. The van der Waals surface area contributed by atoms with Crippen molar-refractivity contribution in [3.63, 3.8) is 0 Å². The van der Waals surface area contributed by atoms with Crippen molar-refractivity contribution in [3.8, 4) is 0 Å². The van der Waals surface area contributed by atoms with Crippen molar-refractivity contribution in [2.75, 3.05) is 6.26 Å². The molecule has 0 radical (unpaired) electrons. The van der Waals surface area contributed by atoms with Gasteiger partial charge in [-0.25, -0.2) is 0 Å². The third-order valence-corrected chi connectivity index (χ3v) is 1.54. The Labute approximate surface area is 52.8 Å². The molecule has 0 unspecified atom stereocenters. The van der Waals surface area contributed by atoms with E-state index >= 15 is 0 Å². The third kappa shape index (κ3) is 6.66. The molecule has 0 saturated carbocycles. The highest BCUT2D eigenvalue weighted by Gasteiger charge is 1.89. The van der Waals surface area contributed by atoms with E-state index in [1.807, 2.05) is 20.1 Å². The third-order valence-electron chi connectivity index (χ3n) is 0.300. The van der Waals surface area contributed by atoms with E-state index in [1.54, 1.807) is 10.8 Å². The van der Waals surface area contributed by atoms with Gasteiger partial charge in [0.25, 0.3) is 0 Å². The molecule has 0 aromatic rings. The molecule has 0 fully saturated rings. The van der Waals surface area contributed by atoms with Gasteiger partial charge in [0, 0.05) is 0 Å². The molecule has 1 nitrogen and oxygen atoms in total. The second kappa shape index (κ2) is 4.81. The van der Waals surface area contributed by atoms with E-state index in [0.717, 1.165) is 0 Å². The SMILES string of the molecule is CSSOC(C)C. The second-order valence-electron chi connectivity index (χ2n) is 1.38. The molecule has 0 atom stereocenters. The smallest absolute Gasteiger partial charge is 0.0676 e. The molecular weight excluding hydrogens is 128 g/mol. The molecule has 0 aliphatic rings. The molecule has 0 aromatic heterocycles. The number of rotatable bonds is 3. The minimum absolute atomic E-state index is 0.345. The minimum atomic E-state index is 0.345. The highest BCUT2D eigenvalue weighted by molar-refractivity contribution is 8.74. The average molecular weight is 138 g/mol. The van der Waals surface area contributed by atoms with E-state index in [2.05, 4.69) is 0 Å². The second-order valence-corrected chi connectivity index (χ2v) is 3.45. The van der Waals surface area contributed by atoms with Crippen molar-refractivity contribution in [3.05, 3.63) is 0 Å². The molecule has 0 spiro atoms. The summed E-state index contributed by atoms with van der Waals surface area (Å²) in [6.45, 7) is 4.03. The van der Waals surface area contributed by atoms with Gasteiger partial charge >= 0.3 is 0 Å². The maximum absolute atomic E-state index is 5.07. The van der Waals surface area contributed by atoms with Crippen molar-refractivity contribution in [1.82, 2.24) is 0 Å². The quantitative estimate of drug-likeness (QED) is 0.437. The van der Waals surface area contributed by atoms with Crippen LogP contribution in [-0.4, -0.2) is 12.4 Å². The Morgan fingerprint density at radius 3 is 2.14 bits per heavy atom. The summed E-state index contributed by atoms with van der Waals surface area (Å²) in [5, 5.41) is 0. The van der Waals surface area contributed by atoms with Crippen LogP contribution in [0.1, 0.15) is 13.8 Å². The van der Waals surface area contributed by atoms with Crippen molar-refractivity contribution in [2.45, 2.75) is 20.0 Å². The van der Waals surface area contributed by atoms with E-state index in [-0.39, 0.29) is 0 Å². The molecule has 0 amide bonds. The van der Waals surface area contributed by atoms with Crippen LogP contribution in [0.25, 0.3) is 0 Å². The summed E-state index contributed by atoms with van der Waals surface area (Å²) in [4.78, 5) is 0. The normalized spacial score (nSPS) is 10.3. The fraction of sp³-hybridized carbons (Fsp3) is 1.00. The predicted octanol–water partition coefficient (Wildman–Crippen LogP) is 2.34. The average Bonchev–Trinajstić information content (AvgIpc) is 1.61. The van der Waals surface area contributed by atoms with Gasteiger partial charge in [-0.15, -0.1) is 0 Å². The topological polar surface area (TPSA) is 9.23 Å². The van der Waals surface area contributed by atoms with Crippen molar-refractivity contribution < 1.29 is 4.18 Å².